The van der Waals surface area contributed by atoms with E-state index >= 15 is 0 Å². The Balaban J connectivity index is 1.83. The number of nitrogen functional groups attached to an aromatic ring is 1. The number of aryl methyl sites for hydroxylation is 2. The van der Waals surface area contributed by atoms with Crippen LogP contribution in [-0.4, -0.2) is 10.9 Å². The van der Waals surface area contributed by atoms with Gasteiger partial charge in [-0.15, -0.1) is 11.3 Å². The van der Waals surface area contributed by atoms with E-state index in [1.165, 1.54) is 22.5 Å². The first-order valence-corrected chi connectivity index (χ1v) is 7.62. The average Bonchev–Trinajstić information content (AvgIpc) is 2.85. The Hall–Kier alpha value is -1.88. The summed E-state index contributed by atoms with van der Waals surface area (Å²) < 4.78 is 0. The molecule has 0 saturated heterocycles. The number of carbonyl (C=O) groups is 1. The molecule has 20 heavy (non-hydrogen) atoms. The molecule has 1 amide bonds. The van der Waals surface area contributed by atoms with Crippen molar-refractivity contribution < 1.29 is 4.79 Å². The van der Waals surface area contributed by atoms with Crippen LogP contribution in [0.15, 0.2) is 23.7 Å². The fourth-order valence-electron chi connectivity index (χ4n) is 2.73. The Labute approximate surface area is 122 Å². The van der Waals surface area contributed by atoms with E-state index in [4.69, 9.17) is 5.73 Å². The molecule has 2 aromatic rings. The fourth-order valence-corrected chi connectivity index (χ4v) is 3.43. The minimum absolute atomic E-state index is 0.0281. The minimum atomic E-state index is -0.0281. The number of rotatable bonds is 2. The number of nitrogens with one attached hydrogen (secondary N) is 1. The number of thiazole rings is 1. The molecule has 1 aromatic heterocycles. The van der Waals surface area contributed by atoms with Crippen molar-refractivity contribution in [2.75, 3.05) is 5.73 Å². The number of nitrogens with zero attached hydrogens (tertiary/aromatic N) is 1. The highest BCUT2D eigenvalue weighted by molar-refractivity contribution is 7.11. The van der Waals surface area contributed by atoms with E-state index in [-0.39, 0.29) is 11.9 Å². The van der Waals surface area contributed by atoms with Crippen molar-refractivity contribution in [3.8, 4) is 0 Å². The van der Waals surface area contributed by atoms with Crippen LogP contribution < -0.4 is 11.1 Å². The molecule has 1 aliphatic carbocycles. The minimum Gasteiger partial charge on any atom is -0.399 e. The lowest BCUT2D eigenvalue weighted by molar-refractivity contribution is 0.0936. The second kappa shape index (κ2) is 5.25. The van der Waals surface area contributed by atoms with E-state index < -0.39 is 0 Å². The molecule has 3 N–H and O–H groups in total. The summed E-state index contributed by atoms with van der Waals surface area (Å²) in [7, 11) is 0. The van der Waals surface area contributed by atoms with Crippen LogP contribution in [0.2, 0.25) is 0 Å². The number of aromatic nitrogens is 1. The summed E-state index contributed by atoms with van der Waals surface area (Å²) in [6.45, 7) is 1.86. The van der Waals surface area contributed by atoms with Crippen LogP contribution in [0, 0.1) is 6.92 Å². The summed E-state index contributed by atoms with van der Waals surface area (Å²) >= 11 is 1.39. The van der Waals surface area contributed by atoms with Crippen LogP contribution in [-0.2, 0) is 6.42 Å². The van der Waals surface area contributed by atoms with E-state index in [0.29, 0.717) is 4.88 Å². The van der Waals surface area contributed by atoms with Crippen LogP contribution in [0.3, 0.4) is 0 Å². The van der Waals surface area contributed by atoms with Gasteiger partial charge in [-0.05, 0) is 49.4 Å². The van der Waals surface area contributed by atoms with Gasteiger partial charge in [-0.1, -0.05) is 6.07 Å². The highest BCUT2D eigenvalue weighted by Gasteiger charge is 2.23. The molecule has 1 unspecified atom stereocenters. The quantitative estimate of drug-likeness (QED) is 0.835. The van der Waals surface area contributed by atoms with Gasteiger partial charge in [0, 0.05) is 5.69 Å². The standard InChI is InChI=1S/C15H17N3OS/c1-9-14(20-8-17-9)15(19)18-13-4-2-3-10-7-11(16)5-6-12(10)13/h5-8,13H,2-4,16H2,1H3,(H,18,19). The van der Waals surface area contributed by atoms with Gasteiger partial charge in [0.05, 0.1) is 17.2 Å². The monoisotopic (exact) mass is 287 g/mol. The molecule has 0 aliphatic heterocycles. The zero-order valence-electron chi connectivity index (χ0n) is 11.3. The van der Waals surface area contributed by atoms with Crippen LogP contribution >= 0.6 is 11.3 Å². The molecule has 3 rings (SSSR count). The second-order valence-corrected chi connectivity index (χ2v) is 6.00. The van der Waals surface area contributed by atoms with Crippen LogP contribution in [0.1, 0.15) is 45.4 Å². The number of anilines is 1. The summed E-state index contributed by atoms with van der Waals surface area (Å²) in [4.78, 5) is 17.1. The topological polar surface area (TPSA) is 68.0 Å². The first-order chi connectivity index (χ1) is 9.65. The third kappa shape index (κ3) is 2.41. The van der Waals surface area contributed by atoms with Crippen molar-refractivity contribution in [3.63, 3.8) is 0 Å². The summed E-state index contributed by atoms with van der Waals surface area (Å²) in [5.74, 6) is -0.0281. The molecule has 104 valence electrons. The largest absolute Gasteiger partial charge is 0.399 e. The molecular weight excluding hydrogens is 270 g/mol. The van der Waals surface area contributed by atoms with Crippen LogP contribution in [0.5, 0.6) is 0 Å². The van der Waals surface area contributed by atoms with Gasteiger partial charge >= 0.3 is 0 Å². The Morgan fingerprint density at radius 2 is 2.35 bits per heavy atom. The summed E-state index contributed by atoms with van der Waals surface area (Å²) in [6.07, 6.45) is 3.08. The molecule has 0 bridgehead atoms. The van der Waals surface area contributed by atoms with E-state index in [9.17, 15) is 4.79 Å². The first kappa shape index (κ1) is 13.1. The third-order valence-electron chi connectivity index (χ3n) is 3.74. The summed E-state index contributed by atoms with van der Waals surface area (Å²) in [5.41, 5.74) is 11.6. The summed E-state index contributed by atoms with van der Waals surface area (Å²) in [5, 5.41) is 3.13. The molecule has 5 heteroatoms. The number of carbonyl (C=O) groups excluding carboxylic acids is 1. The van der Waals surface area contributed by atoms with Gasteiger partial charge in [0.2, 0.25) is 0 Å². The molecule has 0 spiro atoms. The van der Waals surface area contributed by atoms with Crippen molar-refractivity contribution in [1.82, 2.24) is 10.3 Å². The molecule has 1 heterocycles. The Morgan fingerprint density at radius 3 is 3.10 bits per heavy atom. The number of nitrogens with two attached hydrogens (primary N) is 1. The van der Waals surface area contributed by atoms with E-state index in [1.807, 2.05) is 25.1 Å². The molecular formula is C15H17N3OS. The smallest absolute Gasteiger partial charge is 0.263 e. The highest BCUT2D eigenvalue weighted by Crippen LogP contribution is 2.31. The van der Waals surface area contributed by atoms with E-state index in [1.54, 1.807) is 5.51 Å². The predicted octanol–water partition coefficient (Wildman–Crippen LogP) is 2.84. The number of amides is 1. The normalized spacial score (nSPS) is 17.6. The predicted molar refractivity (Wildman–Crippen MR) is 80.9 cm³/mol. The molecule has 1 atom stereocenters. The van der Waals surface area contributed by atoms with Crippen molar-refractivity contribution >= 4 is 22.9 Å². The van der Waals surface area contributed by atoms with Crippen LogP contribution in [0.25, 0.3) is 0 Å². The lowest BCUT2D eigenvalue weighted by Gasteiger charge is -2.26. The molecule has 0 radical (unpaired) electrons. The van der Waals surface area contributed by atoms with Gasteiger partial charge in [0.1, 0.15) is 4.88 Å². The summed E-state index contributed by atoms with van der Waals surface area (Å²) in [6, 6.07) is 6.04. The zero-order chi connectivity index (χ0) is 14.1. The number of hydrogen-bond acceptors (Lipinski definition) is 4. The van der Waals surface area contributed by atoms with Gasteiger partial charge < -0.3 is 11.1 Å². The molecule has 0 saturated carbocycles. The molecule has 0 fully saturated rings. The lowest BCUT2D eigenvalue weighted by Crippen LogP contribution is -2.30. The van der Waals surface area contributed by atoms with Gasteiger partial charge in [-0.3, -0.25) is 4.79 Å². The maximum atomic E-state index is 12.3. The van der Waals surface area contributed by atoms with Crippen molar-refractivity contribution in [2.45, 2.75) is 32.2 Å². The van der Waals surface area contributed by atoms with Gasteiger partial charge in [-0.2, -0.15) is 0 Å². The maximum Gasteiger partial charge on any atom is 0.263 e. The molecule has 4 nitrogen and oxygen atoms in total. The van der Waals surface area contributed by atoms with Gasteiger partial charge in [0.25, 0.3) is 5.91 Å². The zero-order valence-corrected chi connectivity index (χ0v) is 12.2. The average molecular weight is 287 g/mol. The number of benzene rings is 1. The van der Waals surface area contributed by atoms with Crippen molar-refractivity contribution in [2.24, 2.45) is 0 Å². The first-order valence-electron chi connectivity index (χ1n) is 6.74. The van der Waals surface area contributed by atoms with Crippen molar-refractivity contribution in [1.29, 1.82) is 0 Å². The van der Waals surface area contributed by atoms with Crippen LogP contribution in [0.4, 0.5) is 5.69 Å². The SMILES string of the molecule is Cc1ncsc1C(=O)NC1CCCc2cc(N)ccc21. The highest BCUT2D eigenvalue weighted by atomic mass is 32.1. The van der Waals surface area contributed by atoms with Gasteiger partial charge in [-0.25, -0.2) is 4.98 Å². The maximum absolute atomic E-state index is 12.3. The van der Waals surface area contributed by atoms with E-state index in [2.05, 4.69) is 10.3 Å². The fraction of sp³-hybridized carbons (Fsp3) is 0.333. The Bertz CT molecular complexity index is 650. The van der Waals surface area contributed by atoms with Gasteiger partial charge in [0.15, 0.2) is 0 Å². The number of fused-ring (bicyclic) bond motifs is 1. The third-order valence-corrected chi connectivity index (χ3v) is 4.67. The lowest BCUT2D eigenvalue weighted by atomic mass is 9.87. The molecule has 1 aliphatic rings. The van der Waals surface area contributed by atoms with Crippen molar-refractivity contribution in [3.05, 3.63) is 45.4 Å². The Morgan fingerprint density at radius 1 is 1.50 bits per heavy atom. The number of hydrogen-bond donors (Lipinski definition) is 2. The second-order valence-electron chi connectivity index (χ2n) is 5.14. The Kier molecular flexibility index (Phi) is 3.44. The van der Waals surface area contributed by atoms with E-state index in [0.717, 1.165) is 30.6 Å². The molecule has 1 aromatic carbocycles.